The van der Waals surface area contributed by atoms with Crippen LogP contribution >= 0.6 is 0 Å². The Balaban J connectivity index is 1.65. The quantitative estimate of drug-likeness (QED) is 0.773. The summed E-state index contributed by atoms with van der Waals surface area (Å²) >= 11 is 0. The lowest BCUT2D eigenvalue weighted by Gasteiger charge is -2.01. The van der Waals surface area contributed by atoms with Crippen molar-refractivity contribution in [1.29, 1.82) is 0 Å². The van der Waals surface area contributed by atoms with Crippen molar-refractivity contribution in [1.82, 2.24) is 19.6 Å². The van der Waals surface area contributed by atoms with E-state index in [4.69, 9.17) is 0 Å². The third kappa shape index (κ3) is 2.70. The van der Waals surface area contributed by atoms with Crippen LogP contribution in [-0.2, 0) is 6.42 Å². The maximum absolute atomic E-state index is 4.41. The predicted octanol–water partition coefficient (Wildman–Crippen LogP) is 2.09. The monoisotopic (exact) mass is 253 g/mol. The second kappa shape index (κ2) is 5.06. The van der Waals surface area contributed by atoms with Crippen LogP contribution in [0.1, 0.15) is 11.1 Å². The minimum absolute atomic E-state index is 0.662. The Morgan fingerprint density at radius 1 is 1.26 bits per heavy atom. The van der Waals surface area contributed by atoms with Crippen molar-refractivity contribution in [2.75, 3.05) is 11.9 Å². The first-order valence-electron chi connectivity index (χ1n) is 6.27. The zero-order valence-electron chi connectivity index (χ0n) is 10.7. The van der Waals surface area contributed by atoms with Gasteiger partial charge in [0.15, 0.2) is 5.65 Å². The van der Waals surface area contributed by atoms with Gasteiger partial charge in [-0.2, -0.15) is 4.98 Å². The molecule has 3 aromatic heterocycles. The molecule has 3 rings (SSSR count). The van der Waals surface area contributed by atoms with Gasteiger partial charge in [0.25, 0.3) is 0 Å². The molecular weight excluding hydrogens is 238 g/mol. The molecule has 0 aliphatic rings. The minimum Gasteiger partial charge on any atom is -0.353 e. The molecule has 0 atom stereocenters. The fourth-order valence-electron chi connectivity index (χ4n) is 1.93. The van der Waals surface area contributed by atoms with Gasteiger partial charge in [-0.1, -0.05) is 12.1 Å². The first kappa shape index (κ1) is 11.6. The van der Waals surface area contributed by atoms with Gasteiger partial charge in [0, 0.05) is 25.1 Å². The summed E-state index contributed by atoms with van der Waals surface area (Å²) in [4.78, 5) is 8.50. The fourth-order valence-corrected chi connectivity index (χ4v) is 1.93. The van der Waals surface area contributed by atoms with E-state index in [0.29, 0.717) is 5.95 Å². The summed E-state index contributed by atoms with van der Waals surface area (Å²) in [6.07, 6.45) is 6.53. The van der Waals surface area contributed by atoms with Gasteiger partial charge in [0.2, 0.25) is 5.95 Å². The highest BCUT2D eigenvalue weighted by Gasteiger charge is 2.02. The van der Waals surface area contributed by atoms with Crippen molar-refractivity contribution in [2.45, 2.75) is 13.3 Å². The zero-order chi connectivity index (χ0) is 13.1. The Kier molecular flexibility index (Phi) is 3.10. The molecule has 0 amide bonds. The number of nitrogens with zero attached hydrogens (tertiary/aromatic N) is 4. The van der Waals surface area contributed by atoms with Crippen molar-refractivity contribution in [3.63, 3.8) is 0 Å². The molecule has 0 saturated heterocycles. The van der Waals surface area contributed by atoms with Crippen molar-refractivity contribution in [3.05, 3.63) is 54.0 Å². The average Bonchev–Trinajstić information content (AvgIpc) is 2.82. The smallest absolute Gasteiger partial charge is 0.243 e. The zero-order valence-corrected chi connectivity index (χ0v) is 10.7. The molecule has 0 bridgehead atoms. The van der Waals surface area contributed by atoms with Crippen LogP contribution < -0.4 is 5.32 Å². The van der Waals surface area contributed by atoms with Crippen LogP contribution in [0.25, 0.3) is 5.65 Å². The third-order valence-corrected chi connectivity index (χ3v) is 2.90. The highest BCUT2D eigenvalue weighted by Crippen LogP contribution is 2.07. The van der Waals surface area contributed by atoms with Crippen LogP contribution in [0, 0.1) is 6.92 Å². The number of anilines is 1. The molecule has 0 aliphatic carbocycles. The van der Waals surface area contributed by atoms with E-state index in [0.717, 1.165) is 18.6 Å². The van der Waals surface area contributed by atoms with E-state index < -0.39 is 0 Å². The number of fused-ring (bicyclic) bond motifs is 1. The van der Waals surface area contributed by atoms with Crippen LogP contribution in [0.15, 0.2) is 42.9 Å². The first-order valence-corrected chi connectivity index (χ1v) is 6.27. The second-order valence-corrected chi connectivity index (χ2v) is 4.48. The fraction of sp³-hybridized carbons (Fsp3) is 0.214. The van der Waals surface area contributed by atoms with Gasteiger partial charge in [-0.15, -0.1) is 5.10 Å². The molecule has 5 nitrogen and oxygen atoms in total. The van der Waals surface area contributed by atoms with Crippen LogP contribution in [0.5, 0.6) is 0 Å². The van der Waals surface area contributed by atoms with E-state index in [2.05, 4.69) is 26.4 Å². The lowest BCUT2D eigenvalue weighted by Crippen LogP contribution is -2.06. The van der Waals surface area contributed by atoms with Gasteiger partial charge in [-0.05, 0) is 36.6 Å². The largest absolute Gasteiger partial charge is 0.353 e. The lowest BCUT2D eigenvalue weighted by molar-refractivity contribution is 0.929. The van der Waals surface area contributed by atoms with Gasteiger partial charge < -0.3 is 5.32 Å². The second-order valence-electron chi connectivity index (χ2n) is 4.48. The average molecular weight is 253 g/mol. The summed E-state index contributed by atoms with van der Waals surface area (Å²) in [5.74, 6) is 0.662. The Bertz CT molecular complexity index is 675. The summed E-state index contributed by atoms with van der Waals surface area (Å²) in [7, 11) is 0. The molecule has 0 unspecified atom stereocenters. The third-order valence-electron chi connectivity index (χ3n) is 2.90. The van der Waals surface area contributed by atoms with E-state index >= 15 is 0 Å². The lowest BCUT2D eigenvalue weighted by atomic mass is 10.2. The van der Waals surface area contributed by atoms with Crippen molar-refractivity contribution >= 4 is 11.6 Å². The maximum atomic E-state index is 4.41. The van der Waals surface area contributed by atoms with Crippen LogP contribution in [-0.4, -0.2) is 26.1 Å². The maximum Gasteiger partial charge on any atom is 0.243 e. The molecule has 1 N–H and O–H groups in total. The van der Waals surface area contributed by atoms with Crippen molar-refractivity contribution in [2.24, 2.45) is 0 Å². The normalized spacial score (nSPS) is 10.8. The number of pyridine rings is 2. The van der Waals surface area contributed by atoms with Crippen molar-refractivity contribution in [3.8, 4) is 0 Å². The van der Waals surface area contributed by atoms with E-state index in [1.807, 2.05) is 37.5 Å². The van der Waals surface area contributed by atoms with Gasteiger partial charge >= 0.3 is 0 Å². The molecule has 96 valence electrons. The number of aromatic nitrogens is 4. The SMILES string of the molecule is Cc1ccc2nc(NCCc3cccnc3)nn2c1. The van der Waals surface area contributed by atoms with Crippen molar-refractivity contribution < 1.29 is 0 Å². The van der Waals surface area contributed by atoms with E-state index in [1.165, 1.54) is 11.1 Å². The molecule has 0 fully saturated rings. The van der Waals surface area contributed by atoms with Crippen LogP contribution in [0.3, 0.4) is 0 Å². The Morgan fingerprint density at radius 2 is 2.21 bits per heavy atom. The Morgan fingerprint density at radius 3 is 3.05 bits per heavy atom. The van der Waals surface area contributed by atoms with Gasteiger partial charge in [-0.3, -0.25) is 4.98 Å². The number of aryl methyl sites for hydroxylation is 1. The highest BCUT2D eigenvalue weighted by molar-refractivity contribution is 5.44. The molecule has 3 heterocycles. The predicted molar refractivity (Wildman–Crippen MR) is 74.2 cm³/mol. The summed E-state index contributed by atoms with van der Waals surface area (Å²) in [6.45, 7) is 2.83. The molecule has 0 aromatic carbocycles. The molecule has 0 aliphatic heterocycles. The summed E-state index contributed by atoms with van der Waals surface area (Å²) < 4.78 is 1.79. The minimum atomic E-state index is 0.662. The van der Waals surface area contributed by atoms with Crippen LogP contribution in [0.2, 0.25) is 0 Å². The van der Waals surface area contributed by atoms with E-state index in [1.54, 1.807) is 10.7 Å². The highest BCUT2D eigenvalue weighted by atomic mass is 15.3. The Hall–Kier alpha value is -2.43. The number of rotatable bonds is 4. The molecular formula is C14H15N5. The summed E-state index contributed by atoms with van der Waals surface area (Å²) in [5.41, 5.74) is 3.23. The van der Waals surface area contributed by atoms with Crippen LogP contribution in [0.4, 0.5) is 5.95 Å². The number of hydrogen-bond acceptors (Lipinski definition) is 4. The number of hydrogen-bond donors (Lipinski definition) is 1. The van der Waals surface area contributed by atoms with Gasteiger partial charge in [0.05, 0.1) is 0 Å². The molecule has 0 saturated carbocycles. The molecule has 5 heteroatoms. The molecule has 0 spiro atoms. The Labute approximate surface area is 111 Å². The van der Waals surface area contributed by atoms with Gasteiger partial charge in [-0.25, -0.2) is 4.52 Å². The van der Waals surface area contributed by atoms with E-state index in [-0.39, 0.29) is 0 Å². The standard InChI is InChI=1S/C14H15N5/c1-11-4-5-13-17-14(18-19(13)10-11)16-8-6-12-3-2-7-15-9-12/h2-5,7,9-10H,6,8H2,1H3,(H,16,18). The van der Waals surface area contributed by atoms with Gasteiger partial charge in [0.1, 0.15) is 0 Å². The summed E-state index contributed by atoms with van der Waals surface area (Å²) in [6, 6.07) is 8.01. The molecule has 0 radical (unpaired) electrons. The first-order chi connectivity index (χ1) is 9.31. The number of nitrogens with one attached hydrogen (secondary N) is 1. The van der Waals surface area contributed by atoms with E-state index in [9.17, 15) is 0 Å². The topological polar surface area (TPSA) is 55.1 Å². The molecule has 19 heavy (non-hydrogen) atoms. The molecule has 3 aromatic rings. The summed E-state index contributed by atoms with van der Waals surface area (Å²) in [5, 5.41) is 7.61.